The van der Waals surface area contributed by atoms with Crippen molar-refractivity contribution in [1.82, 2.24) is 4.57 Å². The van der Waals surface area contributed by atoms with Gasteiger partial charge in [-0.25, -0.2) is 4.79 Å². The van der Waals surface area contributed by atoms with E-state index < -0.39 is 5.97 Å². The van der Waals surface area contributed by atoms with Crippen molar-refractivity contribution in [2.45, 2.75) is 52.4 Å². The smallest absolute Gasteiger partial charge is 0.343 e. The van der Waals surface area contributed by atoms with Gasteiger partial charge < -0.3 is 23.5 Å². The first-order valence-electron chi connectivity index (χ1n) is 12.4. The number of pyridine rings is 1. The number of hydrogen-bond donors (Lipinski definition) is 0. The van der Waals surface area contributed by atoms with Gasteiger partial charge in [-0.1, -0.05) is 44.2 Å². The molecule has 1 atom stereocenters. The summed E-state index contributed by atoms with van der Waals surface area (Å²) in [4.78, 5) is 26.3. The summed E-state index contributed by atoms with van der Waals surface area (Å²) in [7, 11) is 1.59. The van der Waals surface area contributed by atoms with Crippen molar-refractivity contribution >= 4 is 5.97 Å². The van der Waals surface area contributed by atoms with Crippen molar-refractivity contribution in [2.24, 2.45) is 5.92 Å². The summed E-state index contributed by atoms with van der Waals surface area (Å²) in [6.45, 7) is 6.44. The van der Waals surface area contributed by atoms with Gasteiger partial charge in [0.25, 0.3) is 5.56 Å². The number of fused-ring (bicyclic) bond motifs is 3. The van der Waals surface area contributed by atoms with Crippen molar-refractivity contribution in [3.05, 3.63) is 75.6 Å². The summed E-state index contributed by atoms with van der Waals surface area (Å²) in [5.41, 5.74) is 3.11. The zero-order chi connectivity index (χ0) is 25.4. The summed E-state index contributed by atoms with van der Waals surface area (Å²) in [6.07, 6.45) is 1.43. The fourth-order valence-corrected chi connectivity index (χ4v) is 4.72. The zero-order valence-electron chi connectivity index (χ0n) is 21.1. The van der Waals surface area contributed by atoms with Crippen LogP contribution < -0.4 is 19.8 Å². The molecular weight excluding hydrogens is 458 g/mol. The molecule has 3 aromatic rings. The molecule has 7 heteroatoms. The molecule has 0 radical (unpaired) electrons. The van der Waals surface area contributed by atoms with Gasteiger partial charge in [0.2, 0.25) is 0 Å². The Morgan fingerprint density at radius 2 is 1.86 bits per heavy atom. The first-order valence-corrected chi connectivity index (χ1v) is 12.4. The Labute approximate surface area is 210 Å². The van der Waals surface area contributed by atoms with Crippen molar-refractivity contribution in [3.8, 4) is 28.5 Å². The molecule has 36 heavy (non-hydrogen) atoms. The minimum Gasteiger partial charge on any atom is -0.493 e. The predicted molar refractivity (Wildman–Crippen MR) is 136 cm³/mol. The third kappa shape index (κ3) is 4.34. The van der Waals surface area contributed by atoms with E-state index in [9.17, 15) is 9.59 Å². The second-order valence-electron chi connectivity index (χ2n) is 9.54. The molecule has 0 spiro atoms. The SMILES string of the molecule is CCOC(=O)c1cc2c(n(C3CC3)c1=O)-c1cc(OC)c(OCc3ccccc3)cc1OC2C(C)C. The van der Waals surface area contributed by atoms with Crippen LogP contribution in [0.25, 0.3) is 11.3 Å². The van der Waals surface area contributed by atoms with E-state index >= 15 is 0 Å². The van der Waals surface area contributed by atoms with Crippen LogP contribution in [0.4, 0.5) is 0 Å². The van der Waals surface area contributed by atoms with E-state index in [2.05, 4.69) is 13.8 Å². The lowest BCUT2D eigenvalue weighted by atomic mass is 9.89. The quantitative estimate of drug-likeness (QED) is 0.378. The number of hydrogen-bond acceptors (Lipinski definition) is 6. The number of methoxy groups -OCH3 is 1. The summed E-state index contributed by atoms with van der Waals surface area (Å²) in [6, 6.07) is 15.3. The standard InChI is InChI=1S/C29H31NO6/c1-5-34-29(32)22-13-21-26(30(28(22)31)19-11-12-19)20-14-24(33-4)25(15-23(20)36-27(21)17(2)3)35-16-18-9-7-6-8-10-18/h6-10,13-15,17,19,27H,5,11-12,16H2,1-4H3. The molecule has 1 aromatic heterocycles. The van der Waals surface area contributed by atoms with Gasteiger partial charge in [-0.2, -0.15) is 0 Å². The number of carbonyl (C=O) groups is 1. The summed E-state index contributed by atoms with van der Waals surface area (Å²) < 4.78 is 25.3. The van der Waals surface area contributed by atoms with Gasteiger partial charge in [-0.15, -0.1) is 0 Å². The second kappa shape index (κ2) is 9.72. The molecular formula is C29H31NO6. The second-order valence-corrected chi connectivity index (χ2v) is 9.54. The van der Waals surface area contributed by atoms with Gasteiger partial charge >= 0.3 is 5.97 Å². The Hall–Kier alpha value is -3.74. The van der Waals surface area contributed by atoms with Crippen molar-refractivity contribution < 1.29 is 23.7 Å². The number of nitrogens with zero attached hydrogens (tertiary/aromatic N) is 1. The van der Waals surface area contributed by atoms with E-state index in [1.165, 1.54) is 0 Å². The molecule has 2 aliphatic rings. The molecule has 0 N–H and O–H groups in total. The largest absolute Gasteiger partial charge is 0.493 e. The van der Waals surface area contributed by atoms with E-state index in [0.29, 0.717) is 23.9 Å². The molecule has 1 aliphatic carbocycles. The molecule has 1 unspecified atom stereocenters. The minimum absolute atomic E-state index is 0.0411. The normalized spacial score (nSPS) is 16.1. The average Bonchev–Trinajstić information content (AvgIpc) is 3.72. The third-order valence-corrected chi connectivity index (χ3v) is 6.59. The number of aromatic nitrogens is 1. The zero-order valence-corrected chi connectivity index (χ0v) is 21.1. The van der Waals surface area contributed by atoms with E-state index in [-0.39, 0.29) is 35.8 Å². The van der Waals surface area contributed by atoms with E-state index in [0.717, 1.165) is 35.2 Å². The highest BCUT2D eigenvalue weighted by Crippen LogP contribution is 2.51. The molecule has 2 aromatic carbocycles. The van der Waals surface area contributed by atoms with Crippen LogP contribution in [0.15, 0.2) is 53.3 Å². The molecule has 5 rings (SSSR count). The predicted octanol–water partition coefficient (Wildman–Crippen LogP) is 5.70. The van der Waals surface area contributed by atoms with Crippen LogP contribution in [0.5, 0.6) is 17.2 Å². The fraction of sp³-hybridized carbons (Fsp3) is 0.379. The summed E-state index contributed by atoms with van der Waals surface area (Å²) in [5.74, 6) is 1.23. The van der Waals surface area contributed by atoms with Gasteiger partial charge in [-0.3, -0.25) is 4.79 Å². The first-order chi connectivity index (χ1) is 17.4. The maximum absolute atomic E-state index is 13.6. The number of ether oxygens (including phenoxy) is 4. The number of esters is 1. The highest BCUT2D eigenvalue weighted by atomic mass is 16.5. The summed E-state index contributed by atoms with van der Waals surface area (Å²) in [5, 5.41) is 0. The van der Waals surface area contributed by atoms with Crippen LogP contribution in [0, 0.1) is 5.92 Å². The number of rotatable bonds is 8. The molecule has 7 nitrogen and oxygen atoms in total. The number of carbonyl (C=O) groups excluding carboxylic acids is 1. The van der Waals surface area contributed by atoms with E-state index in [1.807, 2.05) is 42.5 Å². The van der Waals surface area contributed by atoms with E-state index in [1.54, 1.807) is 24.7 Å². The molecule has 0 amide bonds. The van der Waals surface area contributed by atoms with Crippen LogP contribution in [-0.2, 0) is 11.3 Å². The Kier molecular flexibility index (Phi) is 6.48. The number of benzene rings is 2. The first kappa shape index (κ1) is 24.0. The van der Waals surface area contributed by atoms with E-state index in [4.69, 9.17) is 18.9 Å². The molecule has 1 aliphatic heterocycles. The Bertz CT molecular complexity index is 1340. The van der Waals surface area contributed by atoms with Gasteiger partial charge in [0.05, 0.1) is 19.4 Å². The monoisotopic (exact) mass is 489 g/mol. The third-order valence-electron chi connectivity index (χ3n) is 6.59. The van der Waals surface area contributed by atoms with Gasteiger partial charge in [0.15, 0.2) is 11.5 Å². The average molecular weight is 490 g/mol. The molecule has 1 saturated carbocycles. The molecule has 0 bridgehead atoms. The van der Waals surface area contributed by atoms with Crippen molar-refractivity contribution in [3.63, 3.8) is 0 Å². The highest BCUT2D eigenvalue weighted by molar-refractivity contribution is 5.90. The summed E-state index contributed by atoms with van der Waals surface area (Å²) >= 11 is 0. The lowest BCUT2D eigenvalue weighted by Gasteiger charge is -2.33. The van der Waals surface area contributed by atoms with Crippen LogP contribution in [0.3, 0.4) is 0 Å². The van der Waals surface area contributed by atoms with Crippen LogP contribution in [-0.4, -0.2) is 24.3 Å². The molecule has 2 heterocycles. The lowest BCUT2D eigenvalue weighted by Crippen LogP contribution is -2.32. The van der Waals surface area contributed by atoms with Crippen molar-refractivity contribution in [1.29, 1.82) is 0 Å². The maximum Gasteiger partial charge on any atom is 0.343 e. The fourth-order valence-electron chi connectivity index (χ4n) is 4.72. The molecule has 1 fully saturated rings. The van der Waals surface area contributed by atoms with Crippen LogP contribution in [0.2, 0.25) is 0 Å². The Morgan fingerprint density at radius 3 is 2.50 bits per heavy atom. The topological polar surface area (TPSA) is 76.0 Å². The Balaban J connectivity index is 1.66. The molecule has 188 valence electrons. The minimum atomic E-state index is -0.602. The lowest BCUT2D eigenvalue weighted by molar-refractivity contribution is 0.0522. The van der Waals surface area contributed by atoms with Crippen LogP contribution >= 0.6 is 0 Å². The van der Waals surface area contributed by atoms with Gasteiger partial charge in [0, 0.05) is 23.2 Å². The van der Waals surface area contributed by atoms with Crippen molar-refractivity contribution in [2.75, 3.05) is 13.7 Å². The highest BCUT2D eigenvalue weighted by Gasteiger charge is 2.38. The maximum atomic E-state index is 13.6. The van der Waals surface area contributed by atoms with Gasteiger partial charge in [-0.05, 0) is 43.4 Å². The Morgan fingerprint density at radius 1 is 1.11 bits per heavy atom. The molecule has 0 saturated heterocycles. The van der Waals surface area contributed by atoms with Gasteiger partial charge in [0.1, 0.15) is 24.0 Å². The van der Waals surface area contributed by atoms with Crippen LogP contribution in [0.1, 0.15) is 67.2 Å².